The van der Waals surface area contributed by atoms with Gasteiger partial charge in [-0.1, -0.05) is 18.2 Å². The Labute approximate surface area is 128 Å². The number of aromatic nitrogens is 2. The third-order valence-electron chi connectivity index (χ3n) is 3.86. The van der Waals surface area contributed by atoms with E-state index in [0.717, 1.165) is 29.9 Å². The van der Waals surface area contributed by atoms with Gasteiger partial charge in [0.1, 0.15) is 0 Å². The predicted octanol–water partition coefficient (Wildman–Crippen LogP) is 4.94. The fourth-order valence-electron chi connectivity index (χ4n) is 2.71. The SMILES string of the molecule is Fc1cccc(-n2c(Br)nc3c(C4CC4)cccc32)c1F. The molecule has 0 N–H and O–H groups in total. The normalized spacial score (nSPS) is 14.8. The Morgan fingerprint density at radius 3 is 2.62 bits per heavy atom. The molecule has 3 aromatic rings. The zero-order valence-electron chi connectivity index (χ0n) is 11.0. The summed E-state index contributed by atoms with van der Waals surface area (Å²) in [6, 6.07) is 10.0. The molecule has 0 spiro atoms. The van der Waals surface area contributed by atoms with Crippen molar-refractivity contribution in [3.05, 3.63) is 58.3 Å². The monoisotopic (exact) mass is 348 g/mol. The molecule has 2 nitrogen and oxygen atoms in total. The number of hydrogen-bond acceptors (Lipinski definition) is 1. The highest BCUT2D eigenvalue weighted by Crippen LogP contribution is 2.43. The topological polar surface area (TPSA) is 17.8 Å². The number of para-hydroxylation sites is 1. The fourth-order valence-corrected chi connectivity index (χ4v) is 3.27. The van der Waals surface area contributed by atoms with E-state index >= 15 is 0 Å². The van der Waals surface area contributed by atoms with Crippen LogP contribution in [0.15, 0.2) is 41.1 Å². The van der Waals surface area contributed by atoms with Gasteiger partial charge in [-0.2, -0.15) is 0 Å². The van der Waals surface area contributed by atoms with E-state index < -0.39 is 11.6 Å². The summed E-state index contributed by atoms with van der Waals surface area (Å²) in [6.45, 7) is 0. The van der Waals surface area contributed by atoms with Crippen molar-refractivity contribution < 1.29 is 8.78 Å². The van der Waals surface area contributed by atoms with Gasteiger partial charge in [0.2, 0.25) is 0 Å². The van der Waals surface area contributed by atoms with Gasteiger partial charge in [0, 0.05) is 0 Å². The van der Waals surface area contributed by atoms with Crippen molar-refractivity contribution in [1.29, 1.82) is 0 Å². The lowest BCUT2D eigenvalue weighted by Crippen LogP contribution is -2.00. The number of fused-ring (bicyclic) bond motifs is 1. The Hall–Kier alpha value is -1.75. The summed E-state index contributed by atoms with van der Waals surface area (Å²) in [5.41, 5.74) is 2.99. The lowest BCUT2D eigenvalue weighted by molar-refractivity contribution is 0.504. The van der Waals surface area contributed by atoms with Gasteiger partial charge in [-0.25, -0.2) is 13.8 Å². The molecule has 1 aromatic heterocycles. The zero-order valence-corrected chi connectivity index (χ0v) is 12.6. The number of hydrogen-bond donors (Lipinski definition) is 0. The van der Waals surface area contributed by atoms with Gasteiger partial charge < -0.3 is 0 Å². The van der Waals surface area contributed by atoms with E-state index in [-0.39, 0.29) is 5.69 Å². The van der Waals surface area contributed by atoms with Gasteiger partial charge in [-0.15, -0.1) is 0 Å². The molecule has 5 heteroatoms. The van der Waals surface area contributed by atoms with Crippen molar-refractivity contribution in [2.24, 2.45) is 0 Å². The van der Waals surface area contributed by atoms with Gasteiger partial charge in [-0.3, -0.25) is 4.57 Å². The first-order valence-corrected chi connectivity index (χ1v) is 7.57. The molecule has 0 unspecified atom stereocenters. The Kier molecular flexibility index (Phi) is 2.85. The molecule has 2 aromatic carbocycles. The molecule has 1 aliphatic carbocycles. The largest absolute Gasteiger partial charge is 0.284 e. The molecule has 1 heterocycles. The maximum absolute atomic E-state index is 14.1. The molecule has 106 valence electrons. The molecule has 1 fully saturated rings. The molecule has 0 bridgehead atoms. The van der Waals surface area contributed by atoms with Crippen LogP contribution in [0.4, 0.5) is 8.78 Å². The van der Waals surface area contributed by atoms with E-state index in [4.69, 9.17) is 0 Å². The average Bonchev–Trinajstić information content (AvgIpc) is 3.25. The second kappa shape index (κ2) is 4.63. The fraction of sp³-hybridized carbons (Fsp3) is 0.188. The van der Waals surface area contributed by atoms with Crippen LogP contribution < -0.4 is 0 Å². The third kappa shape index (κ3) is 1.99. The summed E-state index contributed by atoms with van der Waals surface area (Å²) in [5.74, 6) is -1.18. The molecule has 1 aliphatic rings. The van der Waals surface area contributed by atoms with Crippen molar-refractivity contribution in [2.75, 3.05) is 0 Å². The first kappa shape index (κ1) is 13.0. The minimum absolute atomic E-state index is 0.164. The molecule has 4 rings (SSSR count). The quantitative estimate of drug-likeness (QED) is 0.641. The van der Waals surface area contributed by atoms with Crippen molar-refractivity contribution in [3.8, 4) is 5.69 Å². The van der Waals surface area contributed by atoms with E-state index in [1.54, 1.807) is 10.6 Å². The van der Waals surface area contributed by atoms with Crippen LogP contribution in [0.3, 0.4) is 0 Å². The first-order chi connectivity index (χ1) is 10.2. The smallest absolute Gasteiger partial charge is 0.182 e. The van der Waals surface area contributed by atoms with Crippen molar-refractivity contribution in [1.82, 2.24) is 9.55 Å². The van der Waals surface area contributed by atoms with E-state index in [9.17, 15) is 8.78 Å². The predicted molar refractivity (Wildman–Crippen MR) is 80.7 cm³/mol. The first-order valence-electron chi connectivity index (χ1n) is 6.78. The lowest BCUT2D eigenvalue weighted by atomic mass is 10.1. The van der Waals surface area contributed by atoms with Crippen LogP contribution in [0.5, 0.6) is 0 Å². The second-order valence-electron chi connectivity index (χ2n) is 5.28. The molecular weight excluding hydrogens is 338 g/mol. The number of imidazole rings is 1. The summed E-state index contributed by atoms with van der Waals surface area (Å²) in [4.78, 5) is 4.51. The Bertz CT molecular complexity index is 853. The molecule has 0 amide bonds. The summed E-state index contributed by atoms with van der Waals surface area (Å²) in [5, 5.41) is 0. The Morgan fingerprint density at radius 1 is 1.10 bits per heavy atom. The highest BCUT2D eigenvalue weighted by molar-refractivity contribution is 9.10. The highest BCUT2D eigenvalue weighted by atomic mass is 79.9. The zero-order chi connectivity index (χ0) is 14.6. The van der Waals surface area contributed by atoms with E-state index in [0.29, 0.717) is 10.7 Å². The van der Waals surface area contributed by atoms with Crippen molar-refractivity contribution >= 4 is 27.0 Å². The molecule has 1 saturated carbocycles. The second-order valence-corrected chi connectivity index (χ2v) is 5.99. The molecule has 0 saturated heterocycles. The van der Waals surface area contributed by atoms with Crippen molar-refractivity contribution in [3.63, 3.8) is 0 Å². The van der Waals surface area contributed by atoms with Crippen LogP contribution >= 0.6 is 15.9 Å². The number of rotatable bonds is 2. The molecule has 0 atom stereocenters. The van der Waals surface area contributed by atoms with Crippen LogP contribution in [-0.2, 0) is 0 Å². The van der Waals surface area contributed by atoms with Gasteiger partial charge in [0.05, 0.1) is 16.7 Å². The minimum Gasteiger partial charge on any atom is -0.284 e. The van der Waals surface area contributed by atoms with Gasteiger partial charge >= 0.3 is 0 Å². The van der Waals surface area contributed by atoms with Crippen molar-refractivity contribution in [2.45, 2.75) is 18.8 Å². The van der Waals surface area contributed by atoms with E-state index in [1.807, 2.05) is 12.1 Å². The molecule has 0 aliphatic heterocycles. The summed E-state index contributed by atoms with van der Waals surface area (Å²) >= 11 is 3.37. The summed E-state index contributed by atoms with van der Waals surface area (Å²) in [6.07, 6.45) is 2.33. The van der Waals surface area contributed by atoms with Crippen LogP contribution in [0.1, 0.15) is 24.3 Å². The standard InChI is InChI=1S/C16H11BrF2N2/c17-16-20-15-10(9-7-8-9)3-1-6-13(15)21(16)12-5-2-4-11(18)14(12)19/h1-6,9H,7-8H2. The van der Waals surface area contributed by atoms with Crippen LogP contribution in [-0.4, -0.2) is 9.55 Å². The summed E-state index contributed by atoms with van der Waals surface area (Å²) in [7, 11) is 0. The van der Waals surface area contributed by atoms with Gasteiger partial charge in [0.25, 0.3) is 0 Å². The van der Waals surface area contributed by atoms with E-state index in [1.165, 1.54) is 11.6 Å². The highest BCUT2D eigenvalue weighted by Gasteiger charge is 2.27. The number of nitrogens with zero attached hydrogens (tertiary/aromatic N) is 2. The van der Waals surface area contributed by atoms with Gasteiger partial charge in [-0.05, 0) is 58.5 Å². The van der Waals surface area contributed by atoms with Crippen LogP contribution in [0, 0.1) is 11.6 Å². The maximum Gasteiger partial charge on any atom is 0.182 e. The third-order valence-corrected chi connectivity index (χ3v) is 4.40. The Morgan fingerprint density at radius 2 is 1.86 bits per heavy atom. The van der Waals surface area contributed by atoms with Crippen LogP contribution in [0.2, 0.25) is 0 Å². The molecule has 0 radical (unpaired) electrons. The number of halogens is 3. The molecular formula is C16H11BrF2N2. The van der Waals surface area contributed by atoms with Gasteiger partial charge in [0.15, 0.2) is 16.4 Å². The Balaban J connectivity index is 2.03. The number of benzene rings is 2. The minimum atomic E-state index is -0.866. The van der Waals surface area contributed by atoms with Crippen LogP contribution in [0.25, 0.3) is 16.7 Å². The average molecular weight is 349 g/mol. The molecule has 21 heavy (non-hydrogen) atoms. The lowest BCUT2D eigenvalue weighted by Gasteiger charge is -2.08. The maximum atomic E-state index is 14.1. The van der Waals surface area contributed by atoms with E-state index in [2.05, 4.69) is 27.0 Å². The summed E-state index contributed by atoms with van der Waals surface area (Å²) < 4.78 is 29.7.